The molecule has 0 radical (unpaired) electrons. The van der Waals surface area contributed by atoms with Gasteiger partial charge in [-0.3, -0.25) is 4.79 Å². The number of hydrogen-bond acceptors (Lipinski definition) is 1. The predicted octanol–water partition coefficient (Wildman–Crippen LogP) is 4.25. The van der Waals surface area contributed by atoms with Gasteiger partial charge in [0.15, 0.2) is 5.78 Å². The predicted molar refractivity (Wildman–Crippen MR) is 75.0 cm³/mol. The first-order chi connectivity index (χ1) is 8.63. The second kappa shape index (κ2) is 5.56. The van der Waals surface area contributed by atoms with Gasteiger partial charge in [-0.05, 0) is 24.3 Å². The van der Waals surface area contributed by atoms with E-state index in [0.29, 0.717) is 9.99 Å². The minimum atomic E-state index is -0.537. The Balaban J connectivity index is 2.57. The largest absolute Gasteiger partial charge is 0.293 e. The van der Waals surface area contributed by atoms with Crippen LogP contribution in [-0.4, -0.2) is 10.2 Å². The number of alkyl halides is 1. The van der Waals surface area contributed by atoms with Gasteiger partial charge in [-0.1, -0.05) is 40.8 Å². The fourth-order valence-corrected chi connectivity index (χ4v) is 2.10. The molecule has 92 valence electrons. The highest BCUT2D eigenvalue weighted by atomic mass is 127. The third kappa shape index (κ3) is 2.58. The molecule has 0 spiro atoms. The van der Waals surface area contributed by atoms with Crippen LogP contribution in [0.3, 0.4) is 0 Å². The van der Waals surface area contributed by atoms with E-state index in [0.717, 1.165) is 0 Å². The van der Waals surface area contributed by atoms with Gasteiger partial charge in [0.25, 0.3) is 0 Å². The SMILES string of the molecule is O=C(CI)c1ccc(F)c(-c2ccccc2F)c1. The van der Waals surface area contributed by atoms with Gasteiger partial charge in [0.05, 0.1) is 4.43 Å². The van der Waals surface area contributed by atoms with Crippen molar-refractivity contribution in [3.8, 4) is 11.1 Å². The van der Waals surface area contributed by atoms with Gasteiger partial charge < -0.3 is 0 Å². The van der Waals surface area contributed by atoms with Crippen molar-refractivity contribution in [1.29, 1.82) is 0 Å². The first kappa shape index (κ1) is 13.1. The summed E-state index contributed by atoms with van der Waals surface area (Å²) >= 11 is 1.94. The van der Waals surface area contributed by atoms with Crippen molar-refractivity contribution >= 4 is 28.4 Å². The van der Waals surface area contributed by atoms with Crippen LogP contribution in [0, 0.1) is 11.6 Å². The van der Waals surface area contributed by atoms with E-state index in [2.05, 4.69) is 0 Å². The molecule has 0 aromatic heterocycles. The molecule has 0 N–H and O–H groups in total. The van der Waals surface area contributed by atoms with Crippen LogP contribution in [0.4, 0.5) is 8.78 Å². The van der Waals surface area contributed by atoms with Crippen molar-refractivity contribution in [3.05, 3.63) is 59.7 Å². The van der Waals surface area contributed by atoms with Crippen molar-refractivity contribution in [1.82, 2.24) is 0 Å². The summed E-state index contributed by atoms with van der Waals surface area (Å²) in [5.74, 6) is -1.14. The summed E-state index contributed by atoms with van der Waals surface area (Å²) in [6.45, 7) is 0. The zero-order chi connectivity index (χ0) is 13.1. The van der Waals surface area contributed by atoms with E-state index in [1.807, 2.05) is 22.6 Å². The maximum absolute atomic E-state index is 13.7. The van der Waals surface area contributed by atoms with Gasteiger partial charge >= 0.3 is 0 Å². The molecule has 0 unspecified atom stereocenters. The number of halogens is 3. The highest BCUT2D eigenvalue weighted by Gasteiger charge is 2.12. The number of benzene rings is 2. The number of hydrogen-bond donors (Lipinski definition) is 0. The maximum atomic E-state index is 13.7. The minimum Gasteiger partial charge on any atom is -0.293 e. The Morgan fingerprint density at radius 3 is 2.33 bits per heavy atom. The number of rotatable bonds is 3. The van der Waals surface area contributed by atoms with Gasteiger partial charge in [-0.25, -0.2) is 8.78 Å². The first-order valence-electron chi connectivity index (χ1n) is 5.27. The molecular formula is C14H9F2IO. The summed E-state index contributed by atoms with van der Waals surface area (Å²) in [7, 11) is 0. The lowest BCUT2D eigenvalue weighted by atomic mass is 10.0. The molecule has 0 aliphatic rings. The molecule has 0 saturated heterocycles. The molecule has 4 heteroatoms. The van der Waals surface area contributed by atoms with Crippen LogP contribution < -0.4 is 0 Å². The van der Waals surface area contributed by atoms with E-state index < -0.39 is 11.6 Å². The Morgan fingerprint density at radius 2 is 1.67 bits per heavy atom. The number of carbonyl (C=O) groups is 1. The molecular weight excluding hydrogens is 349 g/mol. The van der Waals surface area contributed by atoms with Crippen molar-refractivity contribution in [2.75, 3.05) is 4.43 Å². The smallest absolute Gasteiger partial charge is 0.172 e. The van der Waals surface area contributed by atoms with Crippen molar-refractivity contribution in [3.63, 3.8) is 0 Å². The zero-order valence-corrected chi connectivity index (χ0v) is 11.4. The lowest BCUT2D eigenvalue weighted by Crippen LogP contribution is -2.01. The first-order valence-corrected chi connectivity index (χ1v) is 6.79. The van der Waals surface area contributed by atoms with Gasteiger partial charge in [0.2, 0.25) is 0 Å². The quantitative estimate of drug-likeness (QED) is 0.456. The number of carbonyl (C=O) groups excluding carboxylic acids is 1. The van der Waals surface area contributed by atoms with E-state index in [4.69, 9.17) is 0 Å². The second-order valence-electron chi connectivity index (χ2n) is 3.73. The Kier molecular flexibility index (Phi) is 4.06. The van der Waals surface area contributed by atoms with E-state index in [-0.39, 0.29) is 16.9 Å². The molecule has 1 nitrogen and oxygen atoms in total. The molecule has 0 aliphatic carbocycles. The minimum absolute atomic E-state index is 0.104. The topological polar surface area (TPSA) is 17.1 Å². The lowest BCUT2D eigenvalue weighted by Gasteiger charge is -2.07. The molecule has 0 saturated carbocycles. The van der Waals surface area contributed by atoms with E-state index in [1.54, 1.807) is 6.07 Å². The normalized spacial score (nSPS) is 10.4. The standard InChI is InChI=1S/C14H9F2IO/c15-12-4-2-1-3-10(12)11-7-9(14(18)8-17)5-6-13(11)16/h1-7H,8H2. The maximum Gasteiger partial charge on any atom is 0.172 e. The van der Waals surface area contributed by atoms with Crippen LogP contribution >= 0.6 is 22.6 Å². The molecule has 0 aliphatic heterocycles. The Hall–Kier alpha value is -1.30. The zero-order valence-electron chi connectivity index (χ0n) is 9.29. The Labute approximate surface area is 117 Å². The highest BCUT2D eigenvalue weighted by molar-refractivity contribution is 14.1. The van der Waals surface area contributed by atoms with E-state index in [9.17, 15) is 13.6 Å². The van der Waals surface area contributed by atoms with Crippen LogP contribution in [0.25, 0.3) is 11.1 Å². The molecule has 0 heterocycles. The second-order valence-corrected chi connectivity index (χ2v) is 4.49. The molecule has 0 amide bonds. The molecule has 18 heavy (non-hydrogen) atoms. The monoisotopic (exact) mass is 358 g/mol. The fraction of sp³-hybridized carbons (Fsp3) is 0.0714. The van der Waals surface area contributed by atoms with Crippen LogP contribution in [0.5, 0.6) is 0 Å². The molecule has 2 aromatic rings. The van der Waals surface area contributed by atoms with Crippen LogP contribution in [0.1, 0.15) is 10.4 Å². The van der Waals surface area contributed by atoms with E-state index >= 15 is 0 Å². The van der Waals surface area contributed by atoms with E-state index in [1.165, 1.54) is 36.4 Å². The van der Waals surface area contributed by atoms with Crippen LogP contribution in [0.15, 0.2) is 42.5 Å². The van der Waals surface area contributed by atoms with Gasteiger partial charge in [-0.15, -0.1) is 0 Å². The Bertz CT molecular complexity index is 596. The van der Waals surface area contributed by atoms with Crippen LogP contribution in [0.2, 0.25) is 0 Å². The number of Topliss-reactive ketones (excluding diaryl/α,β-unsaturated/α-hetero) is 1. The van der Waals surface area contributed by atoms with Crippen molar-refractivity contribution in [2.24, 2.45) is 0 Å². The summed E-state index contributed by atoms with van der Waals surface area (Å²) in [6, 6.07) is 9.94. The molecule has 0 bridgehead atoms. The molecule has 2 aromatic carbocycles. The summed E-state index contributed by atoms with van der Waals surface area (Å²) in [5.41, 5.74) is 0.672. The molecule has 0 atom stereocenters. The van der Waals surface area contributed by atoms with Crippen molar-refractivity contribution in [2.45, 2.75) is 0 Å². The summed E-state index contributed by atoms with van der Waals surface area (Å²) in [5, 5.41) is 0. The lowest BCUT2D eigenvalue weighted by molar-refractivity contribution is 0.102. The van der Waals surface area contributed by atoms with Gasteiger partial charge in [0, 0.05) is 16.7 Å². The highest BCUT2D eigenvalue weighted by Crippen LogP contribution is 2.26. The third-order valence-corrected chi connectivity index (χ3v) is 3.27. The average Bonchev–Trinajstić information content (AvgIpc) is 2.39. The Morgan fingerprint density at radius 1 is 1.00 bits per heavy atom. The summed E-state index contributed by atoms with van der Waals surface area (Å²) in [4.78, 5) is 11.6. The van der Waals surface area contributed by atoms with Gasteiger partial charge in [0.1, 0.15) is 11.6 Å². The summed E-state index contributed by atoms with van der Waals surface area (Å²) < 4.78 is 27.6. The van der Waals surface area contributed by atoms with Crippen molar-refractivity contribution < 1.29 is 13.6 Å². The molecule has 0 fully saturated rings. The summed E-state index contributed by atoms with van der Waals surface area (Å²) in [6.07, 6.45) is 0. The average molecular weight is 358 g/mol. The van der Waals surface area contributed by atoms with Gasteiger partial charge in [-0.2, -0.15) is 0 Å². The third-order valence-electron chi connectivity index (χ3n) is 2.57. The molecule has 2 rings (SSSR count). The fourth-order valence-electron chi connectivity index (χ4n) is 1.66. The number of ketones is 1. The van der Waals surface area contributed by atoms with Crippen LogP contribution in [-0.2, 0) is 0 Å².